The lowest BCUT2D eigenvalue weighted by Crippen LogP contribution is -2.36. The lowest BCUT2D eigenvalue weighted by Gasteiger charge is -2.09. The van der Waals surface area contributed by atoms with Crippen LogP contribution in [0.3, 0.4) is 0 Å². The van der Waals surface area contributed by atoms with Crippen LogP contribution in [0.1, 0.15) is 26.2 Å². The molecule has 0 aromatic carbocycles. The van der Waals surface area contributed by atoms with Gasteiger partial charge in [0, 0.05) is 6.54 Å². The number of rotatable bonds is 7. The maximum atomic E-state index is 11.3. The number of carbonyl (C=O) groups excluding carboxylic acids is 1. The third-order valence-electron chi connectivity index (χ3n) is 2.90. The van der Waals surface area contributed by atoms with Crippen molar-refractivity contribution in [3.05, 3.63) is 0 Å². The Morgan fingerprint density at radius 1 is 1.41 bits per heavy atom. The number of sulfone groups is 1. The quantitative estimate of drug-likeness (QED) is 0.630. The highest BCUT2D eigenvalue weighted by atomic mass is 32.2. The highest BCUT2D eigenvalue weighted by Gasteiger charge is 2.27. The van der Waals surface area contributed by atoms with E-state index < -0.39 is 9.84 Å². The average molecular weight is 262 g/mol. The van der Waals surface area contributed by atoms with Crippen molar-refractivity contribution in [1.29, 1.82) is 0 Å². The molecule has 1 atom stereocenters. The van der Waals surface area contributed by atoms with E-state index in [1.54, 1.807) is 0 Å². The number of carbonyl (C=O) groups is 1. The van der Waals surface area contributed by atoms with Crippen molar-refractivity contribution in [2.75, 3.05) is 31.1 Å². The van der Waals surface area contributed by atoms with Crippen LogP contribution in [0.2, 0.25) is 0 Å². The topological polar surface area (TPSA) is 75.3 Å². The molecule has 5 nitrogen and oxygen atoms in total. The summed E-state index contributed by atoms with van der Waals surface area (Å²) in [6.07, 6.45) is 2.77. The van der Waals surface area contributed by atoms with E-state index in [-0.39, 0.29) is 24.1 Å². The number of unbranched alkanes of at least 4 members (excludes halogenated alkanes) is 1. The first-order valence-corrected chi connectivity index (χ1v) is 8.03. The number of nitrogens with one attached hydrogen (secondary N) is 2. The lowest BCUT2D eigenvalue weighted by atomic mass is 10.1. The van der Waals surface area contributed by atoms with Crippen LogP contribution in [0, 0.1) is 5.92 Å². The summed E-state index contributed by atoms with van der Waals surface area (Å²) in [7, 11) is -2.80. The van der Waals surface area contributed by atoms with Crippen molar-refractivity contribution < 1.29 is 13.2 Å². The summed E-state index contributed by atoms with van der Waals surface area (Å²) in [5.74, 6) is 0.710. The van der Waals surface area contributed by atoms with Crippen molar-refractivity contribution in [2.45, 2.75) is 26.2 Å². The molecule has 0 aromatic rings. The summed E-state index contributed by atoms with van der Waals surface area (Å²) in [6.45, 7) is 3.68. The zero-order valence-electron chi connectivity index (χ0n) is 10.4. The van der Waals surface area contributed by atoms with E-state index in [1.807, 2.05) is 0 Å². The van der Waals surface area contributed by atoms with Crippen LogP contribution in [0.25, 0.3) is 0 Å². The molecule has 0 radical (unpaired) electrons. The summed E-state index contributed by atoms with van der Waals surface area (Å²) in [5, 5.41) is 5.82. The van der Waals surface area contributed by atoms with Gasteiger partial charge in [0.05, 0.1) is 18.1 Å². The van der Waals surface area contributed by atoms with Gasteiger partial charge in [0.1, 0.15) is 0 Å². The van der Waals surface area contributed by atoms with Crippen LogP contribution in [-0.4, -0.2) is 45.5 Å². The minimum absolute atomic E-state index is 0.0145. The Morgan fingerprint density at radius 3 is 2.76 bits per heavy atom. The second kappa shape index (κ2) is 6.96. The molecule has 0 saturated carbocycles. The third-order valence-corrected chi connectivity index (χ3v) is 4.73. The highest BCUT2D eigenvalue weighted by Crippen LogP contribution is 2.16. The number of hydrogen-bond donors (Lipinski definition) is 2. The third kappa shape index (κ3) is 6.02. The molecule has 1 heterocycles. The summed E-state index contributed by atoms with van der Waals surface area (Å²) in [4.78, 5) is 11.3. The van der Waals surface area contributed by atoms with E-state index in [9.17, 15) is 13.2 Å². The molecule has 100 valence electrons. The first-order chi connectivity index (χ1) is 8.03. The van der Waals surface area contributed by atoms with Crippen molar-refractivity contribution in [3.63, 3.8) is 0 Å². The number of amides is 1. The van der Waals surface area contributed by atoms with Crippen LogP contribution in [0.15, 0.2) is 0 Å². The Kier molecular flexibility index (Phi) is 5.91. The Bertz CT molecular complexity index is 341. The number of hydrogen-bond acceptors (Lipinski definition) is 4. The van der Waals surface area contributed by atoms with Crippen molar-refractivity contribution in [2.24, 2.45) is 5.92 Å². The van der Waals surface area contributed by atoms with Crippen LogP contribution in [0.4, 0.5) is 0 Å². The second-order valence-electron chi connectivity index (χ2n) is 4.60. The zero-order valence-corrected chi connectivity index (χ0v) is 11.2. The molecule has 6 heteroatoms. The normalized spacial score (nSPS) is 22.5. The first-order valence-electron chi connectivity index (χ1n) is 6.21. The van der Waals surface area contributed by atoms with Gasteiger partial charge in [0.15, 0.2) is 9.84 Å². The van der Waals surface area contributed by atoms with Gasteiger partial charge in [-0.05, 0) is 25.3 Å². The Hall–Kier alpha value is -0.620. The van der Waals surface area contributed by atoms with E-state index in [0.717, 1.165) is 19.4 Å². The fourth-order valence-corrected chi connectivity index (χ4v) is 3.75. The highest BCUT2D eigenvalue weighted by molar-refractivity contribution is 7.91. The van der Waals surface area contributed by atoms with Crippen LogP contribution < -0.4 is 10.6 Å². The van der Waals surface area contributed by atoms with Crippen molar-refractivity contribution in [3.8, 4) is 0 Å². The Morgan fingerprint density at radius 2 is 2.18 bits per heavy atom. The SMILES string of the molecule is CCCCNC(=O)CNCC1CCS(=O)(=O)C1. The first kappa shape index (κ1) is 14.4. The molecular weight excluding hydrogens is 240 g/mol. The van der Waals surface area contributed by atoms with E-state index in [4.69, 9.17) is 0 Å². The molecule has 2 N–H and O–H groups in total. The summed E-state index contributed by atoms with van der Waals surface area (Å²) < 4.78 is 22.4. The van der Waals surface area contributed by atoms with Crippen LogP contribution in [0.5, 0.6) is 0 Å². The standard InChI is InChI=1S/C11H22N2O3S/c1-2-3-5-13-11(14)8-12-7-10-4-6-17(15,16)9-10/h10,12H,2-9H2,1H3,(H,13,14). The Labute approximate surface area is 103 Å². The largest absolute Gasteiger partial charge is 0.355 e. The van der Waals surface area contributed by atoms with Crippen LogP contribution >= 0.6 is 0 Å². The summed E-state index contributed by atoms with van der Waals surface area (Å²) in [6, 6.07) is 0. The van der Waals surface area contributed by atoms with Gasteiger partial charge in [-0.1, -0.05) is 13.3 Å². The predicted octanol–water partition coefficient (Wildman–Crippen LogP) is -0.0730. The van der Waals surface area contributed by atoms with Gasteiger partial charge in [-0.2, -0.15) is 0 Å². The Balaban J connectivity index is 2.06. The molecule has 1 aliphatic rings. The fraction of sp³-hybridized carbons (Fsp3) is 0.909. The fourth-order valence-electron chi connectivity index (χ4n) is 1.89. The summed E-state index contributed by atoms with van der Waals surface area (Å²) in [5.41, 5.74) is 0. The molecule has 0 bridgehead atoms. The molecule has 1 amide bonds. The van der Waals surface area contributed by atoms with E-state index in [0.29, 0.717) is 18.7 Å². The van der Waals surface area contributed by atoms with E-state index in [2.05, 4.69) is 17.6 Å². The second-order valence-corrected chi connectivity index (χ2v) is 6.83. The molecule has 0 aromatic heterocycles. The monoisotopic (exact) mass is 262 g/mol. The van der Waals surface area contributed by atoms with Crippen molar-refractivity contribution in [1.82, 2.24) is 10.6 Å². The van der Waals surface area contributed by atoms with Gasteiger partial charge >= 0.3 is 0 Å². The van der Waals surface area contributed by atoms with E-state index >= 15 is 0 Å². The molecule has 0 spiro atoms. The average Bonchev–Trinajstić information content (AvgIpc) is 2.59. The zero-order chi connectivity index (χ0) is 12.7. The van der Waals surface area contributed by atoms with Gasteiger partial charge < -0.3 is 10.6 Å². The maximum Gasteiger partial charge on any atom is 0.233 e. The molecule has 1 saturated heterocycles. The molecule has 1 aliphatic heterocycles. The van der Waals surface area contributed by atoms with E-state index in [1.165, 1.54) is 0 Å². The molecule has 17 heavy (non-hydrogen) atoms. The predicted molar refractivity (Wildman–Crippen MR) is 67.5 cm³/mol. The van der Waals surface area contributed by atoms with Gasteiger partial charge in [-0.25, -0.2) is 8.42 Å². The molecular formula is C11H22N2O3S. The molecule has 1 unspecified atom stereocenters. The molecule has 1 fully saturated rings. The van der Waals surface area contributed by atoms with Crippen LogP contribution in [-0.2, 0) is 14.6 Å². The van der Waals surface area contributed by atoms with Gasteiger partial charge in [0.2, 0.25) is 5.91 Å². The van der Waals surface area contributed by atoms with Gasteiger partial charge in [0.25, 0.3) is 0 Å². The molecule has 1 rings (SSSR count). The van der Waals surface area contributed by atoms with Crippen molar-refractivity contribution >= 4 is 15.7 Å². The minimum Gasteiger partial charge on any atom is -0.355 e. The van der Waals surface area contributed by atoms with Gasteiger partial charge in [-0.3, -0.25) is 4.79 Å². The lowest BCUT2D eigenvalue weighted by molar-refractivity contribution is -0.120. The molecule has 0 aliphatic carbocycles. The minimum atomic E-state index is -2.80. The smallest absolute Gasteiger partial charge is 0.233 e. The summed E-state index contributed by atoms with van der Waals surface area (Å²) >= 11 is 0. The van der Waals surface area contributed by atoms with Gasteiger partial charge in [-0.15, -0.1) is 0 Å². The maximum absolute atomic E-state index is 11.3.